The predicted octanol–water partition coefficient (Wildman–Crippen LogP) is 3.08. The molecule has 1 fully saturated rings. The van der Waals surface area contributed by atoms with Gasteiger partial charge in [-0.3, -0.25) is 19.2 Å². The van der Waals surface area contributed by atoms with Crippen molar-refractivity contribution in [3.63, 3.8) is 0 Å². The zero-order valence-corrected chi connectivity index (χ0v) is 17.3. The first-order valence-electron chi connectivity index (χ1n) is 10.3. The molecule has 0 bridgehead atoms. The first kappa shape index (κ1) is 20.2. The maximum atomic E-state index is 14.3. The van der Waals surface area contributed by atoms with Gasteiger partial charge >= 0.3 is 0 Å². The van der Waals surface area contributed by atoms with Crippen molar-refractivity contribution in [2.24, 2.45) is 7.05 Å². The van der Waals surface area contributed by atoms with E-state index in [4.69, 9.17) is 4.98 Å². The summed E-state index contributed by atoms with van der Waals surface area (Å²) in [6, 6.07) is 13.6. The molecule has 0 amide bonds. The average Bonchev–Trinajstić information content (AvgIpc) is 2.77. The zero-order chi connectivity index (χ0) is 21.1. The van der Waals surface area contributed by atoms with Crippen molar-refractivity contribution in [2.45, 2.75) is 25.9 Å². The van der Waals surface area contributed by atoms with Crippen molar-refractivity contribution in [2.75, 3.05) is 24.5 Å². The Bertz CT molecular complexity index is 1070. The number of pyridine rings is 1. The van der Waals surface area contributed by atoms with E-state index in [1.807, 2.05) is 6.07 Å². The molecule has 0 aliphatic carbocycles. The van der Waals surface area contributed by atoms with Gasteiger partial charge in [0, 0.05) is 57.1 Å². The van der Waals surface area contributed by atoms with Gasteiger partial charge < -0.3 is 4.90 Å². The molecule has 1 saturated heterocycles. The molecule has 0 N–H and O–H groups in total. The third-order valence-electron chi connectivity index (χ3n) is 5.70. The van der Waals surface area contributed by atoms with Crippen molar-refractivity contribution >= 4 is 5.95 Å². The van der Waals surface area contributed by atoms with Crippen LogP contribution in [0.5, 0.6) is 0 Å². The molecule has 7 heteroatoms. The molecule has 4 rings (SSSR count). The summed E-state index contributed by atoms with van der Waals surface area (Å²) in [7, 11) is 1.72. The third-order valence-corrected chi connectivity index (χ3v) is 5.70. The van der Waals surface area contributed by atoms with E-state index in [9.17, 15) is 9.18 Å². The van der Waals surface area contributed by atoms with E-state index >= 15 is 0 Å². The molecule has 156 valence electrons. The molecular weight excluding hydrogens is 381 g/mol. The van der Waals surface area contributed by atoms with Crippen molar-refractivity contribution in [1.29, 1.82) is 0 Å². The highest BCUT2D eigenvalue weighted by atomic mass is 19.1. The summed E-state index contributed by atoms with van der Waals surface area (Å²) in [6.07, 6.45) is 3.58. The van der Waals surface area contributed by atoms with Gasteiger partial charge in [-0.25, -0.2) is 9.37 Å². The number of halogens is 1. The monoisotopic (exact) mass is 407 g/mol. The summed E-state index contributed by atoms with van der Waals surface area (Å²) in [5.74, 6) is 0.101. The van der Waals surface area contributed by atoms with Crippen molar-refractivity contribution in [3.05, 3.63) is 76.6 Å². The van der Waals surface area contributed by atoms with Gasteiger partial charge in [0.1, 0.15) is 0 Å². The lowest BCUT2D eigenvalue weighted by molar-refractivity contribution is 0.210. The number of aromatic nitrogens is 3. The van der Waals surface area contributed by atoms with Crippen LogP contribution in [-0.2, 0) is 13.6 Å². The van der Waals surface area contributed by atoms with Crippen LogP contribution < -0.4 is 10.5 Å². The van der Waals surface area contributed by atoms with Gasteiger partial charge in [-0.05, 0) is 18.1 Å². The topological polar surface area (TPSA) is 54.3 Å². The van der Waals surface area contributed by atoms with Crippen LogP contribution in [0.1, 0.15) is 18.9 Å². The van der Waals surface area contributed by atoms with Crippen LogP contribution in [0.3, 0.4) is 0 Å². The van der Waals surface area contributed by atoms with Crippen LogP contribution in [0.25, 0.3) is 11.3 Å². The fourth-order valence-corrected chi connectivity index (χ4v) is 4.02. The third kappa shape index (κ3) is 4.11. The van der Waals surface area contributed by atoms with Crippen LogP contribution in [-0.4, -0.2) is 45.1 Å². The lowest BCUT2D eigenvalue weighted by Crippen LogP contribution is -2.54. The Balaban J connectivity index is 1.62. The van der Waals surface area contributed by atoms with Crippen LogP contribution in [0, 0.1) is 5.82 Å². The second-order valence-electron chi connectivity index (χ2n) is 7.67. The van der Waals surface area contributed by atoms with Gasteiger partial charge in [-0.2, -0.15) is 0 Å². The normalized spacial score (nSPS) is 17.3. The van der Waals surface area contributed by atoms with E-state index in [1.54, 1.807) is 17.7 Å². The second-order valence-corrected chi connectivity index (χ2v) is 7.67. The minimum atomic E-state index is -0.482. The smallest absolute Gasteiger partial charge is 0.255 e. The largest absolute Gasteiger partial charge is 0.337 e. The summed E-state index contributed by atoms with van der Waals surface area (Å²) in [6.45, 7) is 5.56. The number of piperazine rings is 1. The predicted molar refractivity (Wildman–Crippen MR) is 116 cm³/mol. The van der Waals surface area contributed by atoms with Crippen molar-refractivity contribution in [1.82, 2.24) is 19.4 Å². The maximum Gasteiger partial charge on any atom is 0.255 e. The number of hydrogen-bond acceptors (Lipinski definition) is 5. The van der Waals surface area contributed by atoms with Gasteiger partial charge in [-0.15, -0.1) is 0 Å². The van der Waals surface area contributed by atoms with Gasteiger partial charge in [-0.1, -0.05) is 37.3 Å². The number of rotatable bonds is 5. The summed E-state index contributed by atoms with van der Waals surface area (Å²) in [4.78, 5) is 25.7. The molecule has 3 heterocycles. The first-order chi connectivity index (χ1) is 14.6. The highest BCUT2D eigenvalue weighted by molar-refractivity contribution is 5.60. The Morgan fingerprint density at radius 1 is 1.17 bits per heavy atom. The Morgan fingerprint density at radius 2 is 1.97 bits per heavy atom. The standard InChI is InChI=1S/C23H26FN5O/c1-3-18-16-28(15-17-7-5-4-6-8-17)11-12-29(18)23-26-21(13-22(30)27(23)2)19-9-10-25-14-20(19)24/h4-10,13-14,18H,3,11-12,15-16H2,1-2H3/t18-/m1/s1. The molecule has 3 aromatic rings. The van der Waals surface area contributed by atoms with E-state index in [-0.39, 0.29) is 11.6 Å². The van der Waals surface area contributed by atoms with E-state index in [0.29, 0.717) is 17.2 Å². The van der Waals surface area contributed by atoms with E-state index in [0.717, 1.165) is 38.8 Å². The highest BCUT2D eigenvalue weighted by Crippen LogP contribution is 2.24. The number of anilines is 1. The Kier molecular flexibility index (Phi) is 5.90. The van der Waals surface area contributed by atoms with Crippen LogP contribution >= 0.6 is 0 Å². The fourth-order valence-electron chi connectivity index (χ4n) is 4.02. The molecule has 1 atom stereocenters. The molecule has 0 radical (unpaired) electrons. The van der Waals surface area contributed by atoms with Crippen LogP contribution in [0.4, 0.5) is 10.3 Å². The molecule has 1 aromatic carbocycles. The van der Waals surface area contributed by atoms with Crippen molar-refractivity contribution < 1.29 is 4.39 Å². The second kappa shape index (κ2) is 8.75. The Labute approximate surface area is 175 Å². The molecule has 0 unspecified atom stereocenters. The van der Waals surface area contributed by atoms with E-state index in [2.05, 4.69) is 46.0 Å². The SMILES string of the molecule is CC[C@@H]1CN(Cc2ccccc2)CCN1c1nc(-c2ccncc2F)cc(=O)n1C. The molecule has 6 nitrogen and oxygen atoms in total. The molecule has 1 aliphatic heterocycles. The summed E-state index contributed by atoms with van der Waals surface area (Å²) in [5, 5.41) is 0. The highest BCUT2D eigenvalue weighted by Gasteiger charge is 2.29. The number of hydrogen-bond donors (Lipinski definition) is 0. The molecule has 0 spiro atoms. The minimum absolute atomic E-state index is 0.201. The minimum Gasteiger partial charge on any atom is -0.337 e. The molecule has 30 heavy (non-hydrogen) atoms. The molecular formula is C23H26FN5O. The van der Waals surface area contributed by atoms with Crippen molar-refractivity contribution in [3.8, 4) is 11.3 Å². The molecule has 2 aromatic heterocycles. The fraction of sp³-hybridized carbons (Fsp3) is 0.348. The summed E-state index contributed by atoms with van der Waals surface area (Å²) in [5.41, 5.74) is 1.73. The van der Waals surface area contributed by atoms with Crippen LogP contribution in [0.2, 0.25) is 0 Å². The maximum absolute atomic E-state index is 14.3. The molecule has 0 saturated carbocycles. The lowest BCUT2D eigenvalue weighted by atomic mass is 10.1. The van der Waals surface area contributed by atoms with Gasteiger partial charge in [0.15, 0.2) is 5.82 Å². The summed E-state index contributed by atoms with van der Waals surface area (Å²) >= 11 is 0. The van der Waals surface area contributed by atoms with Gasteiger partial charge in [0.2, 0.25) is 5.95 Å². The van der Waals surface area contributed by atoms with Gasteiger partial charge in [0.05, 0.1) is 11.9 Å². The number of benzene rings is 1. The molecule has 1 aliphatic rings. The zero-order valence-electron chi connectivity index (χ0n) is 17.3. The van der Waals surface area contributed by atoms with E-state index in [1.165, 1.54) is 17.8 Å². The van der Waals surface area contributed by atoms with Gasteiger partial charge in [0.25, 0.3) is 5.56 Å². The quantitative estimate of drug-likeness (QED) is 0.651. The Hall–Kier alpha value is -3.06. The summed E-state index contributed by atoms with van der Waals surface area (Å²) < 4.78 is 15.8. The van der Waals surface area contributed by atoms with Crippen LogP contribution in [0.15, 0.2) is 59.7 Å². The number of nitrogens with zero attached hydrogens (tertiary/aromatic N) is 5. The van der Waals surface area contributed by atoms with E-state index < -0.39 is 5.82 Å². The first-order valence-corrected chi connectivity index (χ1v) is 10.3. The average molecular weight is 407 g/mol. The Morgan fingerprint density at radius 3 is 2.70 bits per heavy atom. The lowest BCUT2D eigenvalue weighted by Gasteiger charge is -2.42.